The van der Waals surface area contributed by atoms with Gasteiger partial charge in [0.2, 0.25) is 0 Å². The van der Waals surface area contributed by atoms with Crippen molar-refractivity contribution in [2.45, 2.75) is 20.4 Å². The molecule has 1 atom stereocenters. The summed E-state index contributed by atoms with van der Waals surface area (Å²) in [6.07, 6.45) is 1.62. The Morgan fingerprint density at radius 2 is 2.40 bits per heavy atom. The molecule has 5 heteroatoms. The summed E-state index contributed by atoms with van der Waals surface area (Å²) in [6, 6.07) is 1.51. The van der Waals surface area contributed by atoms with E-state index in [2.05, 4.69) is 10.4 Å². The van der Waals surface area contributed by atoms with Gasteiger partial charge in [0.25, 0.3) is 5.56 Å². The lowest BCUT2D eigenvalue weighted by Gasteiger charge is -2.10. The van der Waals surface area contributed by atoms with E-state index in [1.54, 1.807) is 6.20 Å². The van der Waals surface area contributed by atoms with Gasteiger partial charge in [0, 0.05) is 25.8 Å². The van der Waals surface area contributed by atoms with E-state index in [4.69, 9.17) is 5.11 Å². The van der Waals surface area contributed by atoms with Crippen LogP contribution in [0.4, 0.5) is 5.69 Å². The van der Waals surface area contributed by atoms with Gasteiger partial charge in [-0.3, -0.25) is 4.79 Å². The van der Waals surface area contributed by atoms with Crippen LogP contribution in [0.2, 0.25) is 0 Å². The normalized spacial score (nSPS) is 12.5. The van der Waals surface area contributed by atoms with Crippen LogP contribution in [0.25, 0.3) is 0 Å². The Kier molecular flexibility index (Phi) is 4.30. The van der Waals surface area contributed by atoms with Crippen molar-refractivity contribution in [1.29, 1.82) is 0 Å². The molecule has 0 saturated heterocycles. The van der Waals surface area contributed by atoms with E-state index in [0.29, 0.717) is 6.54 Å². The highest BCUT2D eigenvalue weighted by Crippen LogP contribution is 2.00. The molecule has 0 aromatic carbocycles. The van der Waals surface area contributed by atoms with Crippen LogP contribution < -0.4 is 10.9 Å². The average molecular weight is 211 g/mol. The summed E-state index contributed by atoms with van der Waals surface area (Å²) in [5, 5.41) is 15.9. The molecule has 0 radical (unpaired) electrons. The van der Waals surface area contributed by atoms with E-state index in [1.165, 1.54) is 10.7 Å². The molecule has 0 aliphatic heterocycles. The molecule has 0 fully saturated rings. The van der Waals surface area contributed by atoms with E-state index >= 15 is 0 Å². The molecular weight excluding hydrogens is 194 g/mol. The van der Waals surface area contributed by atoms with Gasteiger partial charge in [0.05, 0.1) is 11.9 Å². The Labute approximate surface area is 88.7 Å². The molecule has 1 aromatic heterocycles. The van der Waals surface area contributed by atoms with Gasteiger partial charge in [-0.2, -0.15) is 5.10 Å². The summed E-state index contributed by atoms with van der Waals surface area (Å²) in [6.45, 7) is 5.09. The quantitative estimate of drug-likeness (QED) is 0.735. The van der Waals surface area contributed by atoms with Crippen molar-refractivity contribution in [2.75, 3.05) is 18.5 Å². The molecule has 15 heavy (non-hydrogen) atoms. The molecule has 1 heterocycles. The van der Waals surface area contributed by atoms with E-state index in [-0.39, 0.29) is 18.1 Å². The van der Waals surface area contributed by atoms with Gasteiger partial charge in [-0.15, -0.1) is 0 Å². The average Bonchev–Trinajstić information content (AvgIpc) is 2.22. The number of anilines is 1. The van der Waals surface area contributed by atoms with Crippen molar-refractivity contribution >= 4 is 5.69 Å². The maximum absolute atomic E-state index is 11.5. The third kappa shape index (κ3) is 3.36. The summed E-state index contributed by atoms with van der Waals surface area (Å²) in [7, 11) is 0. The molecule has 1 aromatic rings. The molecule has 1 unspecified atom stereocenters. The number of hydrogen-bond acceptors (Lipinski definition) is 4. The molecule has 0 amide bonds. The first-order valence-corrected chi connectivity index (χ1v) is 5.09. The number of nitrogens with one attached hydrogen (secondary N) is 1. The maximum atomic E-state index is 11.5. The first kappa shape index (κ1) is 11.7. The topological polar surface area (TPSA) is 67.2 Å². The zero-order valence-electron chi connectivity index (χ0n) is 9.10. The van der Waals surface area contributed by atoms with Gasteiger partial charge >= 0.3 is 0 Å². The highest BCUT2D eigenvalue weighted by molar-refractivity contribution is 5.38. The monoisotopic (exact) mass is 211 g/mol. The van der Waals surface area contributed by atoms with Gasteiger partial charge in [0.1, 0.15) is 0 Å². The van der Waals surface area contributed by atoms with E-state index in [1.807, 2.05) is 13.8 Å². The minimum absolute atomic E-state index is 0.0418. The molecule has 0 spiro atoms. The first-order valence-electron chi connectivity index (χ1n) is 5.09. The second-order valence-electron chi connectivity index (χ2n) is 3.58. The molecule has 0 saturated carbocycles. The second-order valence-corrected chi connectivity index (χ2v) is 3.58. The minimum atomic E-state index is -0.145. The largest absolute Gasteiger partial charge is 0.396 e. The van der Waals surface area contributed by atoms with Crippen molar-refractivity contribution in [3.05, 3.63) is 22.6 Å². The molecule has 5 nitrogen and oxygen atoms in total. The maximum Gasteiger partial charge on any atom is 0.268 e. The summed E-state index contributed by atoms with van der Waals surface area (Å²) in [5.74, 6) is 0.0418. The molecule has 84 valence electrons. The van der Waals surface area contributed by atoms with Crippen LogP contribution in [0.15, 0.2) is 17.1 Å². The van der Waals surface area contributed by atoms with Crippen molar-refractivity contribution in [3.8, 4) is 0 Å². The lowest BCUT2D eigenvalue weighted by molar-refractivity contribution is 0.217. The van der Waals surface area contributed by atoms with Crippen LogP contribution in [-0.4, -0.2) is 28.0 Å². The number of rotatable bonds is 5. The van der Waals surface area contributed by atoms with Gasteiger partial charge in [-0.1, -0.05) is 6.92 Å². The van der Waals surface area contributed by atoms with Crippen molar-refractivity contribution < 1.29 is 5.11 Å². The molecule has 0 aliphatic carbocycles. The van der Waals surface area contributed by atoms with Crippen molar-refractivity contribution in [1.82, 2.24) is 9.78 Å². The molecular formula is C10H17N3O2. The van der Waals surface area contributed by atoms with Gasteiger partial charge in [0.15, 0.2) is 0 Å². The lowest BCUT2D eigenvalue weighted by Crippen LogP contribution is -2.26. The zero-order chi connectivity index (χ0) is 11.3. The number of aromatic nitrogens is 2. The predicted octanol–water partition coefficient (Wildman–Crippen LogP) is 0.303. The number of aliphatic hydroxyl groups excluding tert-OH is 1. The molecule has 0 bridgehead atoms. The van der Waals surface area contributed by atoms with Crippen LogP contribution in [-0.2, 0) is 6.54 Å². The summed E-state index contributed by atoms with van der Waals surface area (Å²) < 4.78 is 1.36. The Hall–Kier alpha value is -1.36. The minimum Gasteiger partial charge on any atom is -0.396 e. The standard InChI is InChI=1S/C10H17N3O2/c1-3-11-9-4-10(15)13(12-5-9)6-8(2)7-14/h4-5,8,11,14H,3,6-7H2,1-2H3. The van der Waals surface area contributed by atoms with Gasteiger partial charge in [-0.25, -0.2) is 4.68 Å². The van der Waals surface area contributed by atoms with E-state index in [0.717, 1.165) is 12.2 Å². The predicted molar refractivity (Wildman–Crippen MR) is 58.9 cm³/mol. The van der Waals surface area contributed by atoms with Crippen LogP contribution in [0.1, 0.15) is 13.8 Å². The first-order chi connectivity index (χ1) is 7.17. The van der Waals surface area contributed by atoms with Gasteiger partial charge < -0.3 is 10.4 Å². The van der Waals surface area contributed by atoms with Crippen molar-refractivity contribution in [2.24, 2.45) is 5.92 Å². The smallest absolute Gasteiger partial charge is 0.268 e. The van der Waals surface area contributed by atoms with Crippen LogP contribution in [0.3, 0.4) is 0 Å². The van der Waals surface area contributed by atoms with Crippen LogP contribution in [0.5, 0.6) is 0 Å². The summed E-state index contributed by atoms with van der Waals surface area (Å²) in [5.41, 5.74) is 0.587. The summed E-state index contributed by atoms with van der Waals surface area (Å²) >= 11 is 0. The fourth-order valence-corrected chi connectivity index (χ4v) is 1.22. The van der Waals surface area contributed by atoms with Gasteiger partial charge in [-0.05, 0) is 12.8 Å². The summed E-state index contributed by atoms with van der Waals surface area (Å²) in [4.78, 5) is 11.5. The Bertz CT molecular complexity index is 362. The van der Waals surface area contributed by atoms with Crippen LogP contribution in [0, 0.1) is 5.92 Å². The molecule has 0 aliphatic rings. The third-order valence-electron chi connectivity index (χ3n) is 2.05. The van der Waals surface area contributed by atoms with Crippen LogP contribution >= 0.6 is 0 Å². The highest BCUT2D eigenvalue weighted by Gasteiger charge is 2.04. The third-order valence-corrected chi connectivity index (χ3v) is 2.05. The van der Waals surface area contributed by atoms with E-state index in [9.17, 15) is 4.79 Å². The van der Waals surface area contributed by atoms with Crippen molar-refractivity contribution in [3.63, 3.8) is 0 Å². The number of hydrogen-bond donors (Lipinski definition) is 2. The van der Waals surface area contributed by atoms with E-state index < -0.39 is 0 Å². The fourth-order valence-electron chi connectivity index (χ4n) is 1.22. The molecule has 1 rings (SSSR count). The molecule has 2 N–H and O–H groups in total. The fraction of sp³-hybridized carbons (Fsp3) is 0.600. The SMILES string of the molecule is CCNc1cnn(CC(C)CO)c(=O)c1. The Morgan fingerprint density at radius 3 is 2.93 bits per heavy atom. The zero-order valence-corrected chi connectivity index (χ0v) is 9.10. The number of aliphatic hydroxyl groups is 1. The Balaban J connectivity index is 2.79. The second kappa shape index (κ2) is 5.50. The number of nitrogens with zero attached hydrogens (tertiary/aromatic N) is 2. The highest BCUT2D eigenvalue weighted by atomic mass is 16.3. The lowest BCUT2D eigenvalue weighted by atomic mass is 10.2. The Morgan fingerprint density at radius 1 is 1.67 bits per heavy atom.